The second-order valence-corrected chi connectivity index (χ2v) is 3.84. The van der Waals surface area contributed by atoms with Crippen LogP contribution in [0.3, 0.4) is 0 Å². The monoisotopic (exact) mass is 230 g/mol. The van der Waals surface area contributed by atoms with Crippen molar-refractivity contribution in [1.29, 1.82) is 0 Å². The van der Waals surface area contributed by atoms with Crippen molar-refractivity contribution in [2.45, 2.75) is 6.54 Å². The summed E-state index contributed by atoms with van der Waals surface area (Å²) in [7, 11) is 1.83. The number of hydrogen-bond donors (Lipinski definition) is 2. The van der Waals surface area contributed by atoms with Gasteiger partial charge in [-0.1, -0.05) is 12.1 Å². The molecule has 1 aromatic carbocycles. The average molecular weight is 230 g/mol. The Labute approximate surface area is 98.9 Å². The second-order valence-electron chi connectivity index (χ2n) is 3.84. The number of benzene rings is 1. The number of nitrogens with zero attached hydrogens (tertiary/aromatic N) is 2. The number of aromatic nitrogens is 2. The van der Waals surface area contributed by atoms with Gasteiger partial charge in [0.25, 0.3) is 5.56 Å². The van der Waals surface area contributed by atoms with Crippen LogP contribution in [0, 0.1) is 0 Å². The Hall–Kier alpha value is -2.30. The number of hydrogen-bond acceptors (Lipinski definition) is 4. The van der Waals surface area contributed by atoms with E-state index in [-0.39, 0.29) is 5.56 Å². The van der Waals surface area contributed by atoms with Crippen LogP contribution in [0.2, 0.25) is 0 Å². The molecule has 0 amide bonds. The quantitative estimate of drug-likeness (QED) is 0.771. The maximum atomic E-state index is 11.5. The Morgan fingerprint density at radius 1 is 1.35 bits per heavy atom. The molecule has 0 aliphatic rings. The molecular formula is C12H14N4O. The molecule has 17 heavy (non-hydrogen) atoms. The normalized spacial score (nSPS) is 10.2. The lowest BCUT2D eigenvalue weighted by molar-refractivity contribution is 0.879. The van der Waals surface area contributed by atoms with Gasteiger partial charge in [-0.15, -0.1) is 0 Å². The lowest BCUT2D eigenvalue weighted by Crippen LogP contribution is -2.25. The number of anilines is 2. The van der Waals surface area contributed by atoms with Gasteiger partial charge in [-0.05, 0) is 17.7 Å². The third kappa shape index (κ3) is 2.63. The first kappa shape index (κ1) is 11.2. The third-order valence-electron chi connectivity index (χ3n) is 2.45. The zero-order chi connectivity index (χ0) is 12.3. The molecule has 2 aromatic rings. The van der Waals surface area contributed by atoms with Crippen LogP contribution >= 0.6 is 0 Å². The van der Waals surface area contributed by atoms with Crippen molar-refractivity contribution >= 4 is 11.5 Å². The molecule has 0 bridgehead atoms. The van der Waals surface area contributed by atoms with Crippen LogP contribution in [0.1, 0.15) is 5.56 Å². The minimum atomic E-state index is -0.189. The van der Waals surface area contributed by atoms with E-state index in [1.54, 1.807) is 11.1 Å². The molecule has 0 radical (unpaired) electrons. The highest BCUT2D eigenvalue weighted by Crippen LogP contribution is 2.10. The van der Waals surface area contributed by atoms with Gasteiger partial charge < -0.3 is 15.6 Å². The van der Waals surface area contributed by atoms with Crippen LogP contribution in [0.4, 0.5) is 11.5 Å². The SMILES string of the molecule is CN(Cc1ccc(N)cc1)c1ncc[nH]c1=O. The molecule has 1 aromatic heterocycles. The molecule has 0 fully saturated rings. The molecule has 0 atom stereocenters. The molecule has 0 aliphatic heterocycles. The smallest absolute Gasteiger partial charge is 0.290 e. The van der Waals surface area contributed by atoms with Gasteiger partial charge in [0.05, 0.1) is 0 Å². The van der Waals surface area contributed by atoms with Gasteiger partial charge in [0.15, 0.2) is 5.82 Å². The molecule has 5 nitrogen and oxygen atoms in total. The minimum absolute atomic E-state index is 0.189. The molecule has 0 spiro atoms. The predicted octanol–water partition coefficient (Wildman–Crippen LogP) is 0.989. The number of nitrogen functional groups attached to an aromatic ring is 1. The molecule has 0 aliphatic carbocycles. The van der Waals surface area contributed by atoms with E-state index in [2.05, 4.69) is 9.97 Å². The Bertz CT molecular complexity index is 547. The Morgan fingerprint density at radius 2 is 2.06 bits per heavy atom. The second kappa shape index (κ2) is 4.69. The summed E-state index contributed by atoms with van der Waals surface area (Å²) in [6, 6.07) is 7.55. The summed E-state index contributed by atoms with van der Waals surface area (Å²) >= 11 is 0. The van der Waals surface area contributed by atoms with Crippen LogP contribution in [-0.4, -0.2) is 17.0 Å². The van der Waals surface area contributed by atoms with Crippen molar-refractivity contribution < 1.29 is 0 Å². The molecule has 0 saturated heterocycles. The van der Waals surface area contributed by atoms with Gasteiger partial charge in [-0.25, -0.2) is 4.98 Å². The van der Waals surface area contributed by atoms with Crippen LogP contribution in [-0.2, 0) is 6.54 Å². The van der Waals surface area contributed by atoms with Crippen LogP contribution in [0.25, 0.3) is 0 Å². The van der Waals surface area contributed by atoms with Crippen LogP contribution in [0.15, 0.2) is 41.5 Å². The van der Waals surface area contributed by atoms with Crippen LogP contribution in [0.5, 0.6) is 0 Å². The molecule has 0 saturated carbocycles. The molecule has 2 rings (SSSR count). The lowest BCUT2D eigenvalue weighted by atomic mass is 10.2. The first-order valence-electron chi connectivity index (χ1n) is 5.26. The Balaban J connectivity index is 2.17. The van der Waals surface area contributed by atoms with Gasteiger partial charge in [-0.2, -0.15) is 0 Å². The summed E-state index contributed by atoms with van der Waals surface area (Å²) < 4.78 is 0. The van der Waals surface area contributed by atoms with E-state index in [1.165, 1.54) is 6.20 Å². The highest BCUT2D eigenvalue weighted by molar-refractivity contribution is 5.41. The minimum Gasteiger partial charge on any atom is -0.399 e. The first-order valence-corrected chi connectivity index (χ1v) is 5.26. The van der Waals surface area contributed by atoms with Crippen LogP contribution < -0.4 is 16.2 Å². The van der Waals surface area contributed by atoms with Crippen molar-refractivity contribution in [2.75, 3.05) is 17.7 Å². The number of nitrogens with two attached hydrogens (primary N) is 1. The topological polar surface area (TPSA) is 75.0 Å². The standard InChI is InChI=1S/C12H14N4O/c1-16(11-12(17)15-7-6-14-11)8-9-2-4-10(13)5-3-9/h2-7H,8,13H2,1H3,(H,15,17). The van der Waals surface area contributed by atoms with Crippen molar-refractivity contribution in [3.05, 3.63) is 52.6 Å². The highest BCUT2D eigenvalue weighted by atomic mass is 16.1. The number of H-pyrrole nitrogens is 1. The molecule has 0 unspecified atom stereocenters. The zero-order valence-electron chi connectivity index (χ0n) is 9.55. The number of aromatic amines is 1. The van der Waals surface area contributed by atoms with E-state index >= 15 is 0 Å². The summed E-state index contributed by atoms with van der Waals surface area (Å²) in [5.41, 5.74) is 7.23. The van der Waals surface area contributed by atoms with Gasteiger partial charge in [0, 0.05) is 31.7 Å². The zero-order valence-corrected chi connectivity index (χ0v) is 9.55. The fourth-order valence-corrected chi connectivity index (χ4v) is 1.59. The highest BCUT2D eigenvalue weighted by Gasteiger charge is 2.06. The van der Waals surface area contributed by atoms with E-state index in [9.17, 15) is 4.79 Å². The number of nitrogens with one attached hydrogen (secondary N) is 1. The van der Waals surface area contributed by atoms with E-state index in [1.807, 2.05) is 31.3 Å². The fourth-order valence-electron chi connectivity index (χ4n) is 1.59. The Morgan fingerprint density at radius 3 is 2.71 bits per heavy atom. The molecule has 1 heterocycles. The molecule has 3 N–H and O–H groups in total. The van der Waals surface area contributed by atoms with Crippen molar-refractivity contribution in [3.63, 3.8) is 0 Å². The maximum Gasteiger partial charge on any atom is 0.290 e. The summed E-state index contributed by atoms with van der Waals surface area (Å²) in [5, 5.41) is 0. The summed E-state index contributed by atoms with van der Waals surface area (Å²) in [4.78, 5) is 20.0. The van der Waals surface area contributed by atoms with E-state index in [4.69, 9.17) is 5.73 Å². The van der Waals surface area contributed by atoms with Gasteiger partial charge in [0.1, 0.15) is 0 Å². The third-order valence-corrected chi connectivity index (χ3v) is 2.45. The summed E-state index contributed by atoms with van der Waals surface area (Å²) in [5.74, 6) is 0.407. The fraction of sp³-hybridized carbons (Fsp3) is 0.167. The van der Waals surface area contributed by atoms with E-state index < -0.39 is 0 Å². The first-order chi connectivity index (χ1) is 8.16. The predicted molar refractivity (Wildman–Crippen MR) is 67.8 cm³/mol. The average Bonchev–Trinajstić information content (AvgIpc) is 2.32. The van der Waals surface area contributed by atoms with E-state index in [0.717, 1.165) is 11.3 Å². The van der Waals surface area contributed by atoms with E-state index in [0.29, 0.717) is 12.4 Å². The summed E-state index contributed by atoms with van der Waals surface area (Å²) in [6.45, 7) is 0.611. The Kier molecular flexibility index (Phi) is 3.09. The van der Waals surface area contributed by atoms with Gasteiger partial charge in [-0.3, -0.25) is 4.79 Å². The lowest BCUT2D eigenvalue weighted by Gasteiger charge is -2.16. The van der Waals surface area contributed by atoms with Crippen molar-refractivity contribution in [1.82, 2.24) is 9.97 Å². The van der Waals surface area contributed by atoms with Gasteiger partial charge >= 0.3 is 0 Å². The molecule has 5 heteroatoms. The summed E-state index contributed by atoms with van der Waals surface area (Å²) in [6.07, 6.45) is 3.08. The molecule has 88 valence electrons. The van der Waals surface area contributed by atoms with Crippen molar-refractivity contribution in [2.24, 2.45) is 0 Å². The molecular weight excluding hydrogens is 216 g/mol. The van der Waals surface area contributed by atoms with Crippen molar-refractivity contribution in [3.8, 4) is 0 Å². The van der Waals surface area contributed by atoms with Gasteiger partial charge in [0.2, 0.25) is 0 Å². The maximum absolute atomic E-state index is 11.5. The number of rotatable bonds is 3. The largest absolute Gasteiger partial charge is 0.399 e.